The zero-order chi connectivity index (χ0) is 14.5. The lowest BCUT2D eigenvalue weighted by Crippen LogP contribution is -2.27. The van der Waals surface area contributed by atoms with E-state index in [2.05, 4.69) is 10.3 Å². The number of benzene rings is 1. The lowest BCUT2D eigenvalue weighted by Gasteiger charge is -2.09. The number of aryl methyl sites for hydroxylation is 1. The van der Waals surface area contributed by atoms with Gasteiger partial charge in [0.2, 0.25) is 5.91 Å². The zero-order valence-corrected chi connectivity index (χ0v) is 12.4. The van der Waals surface area contributed by atoms with Crippen LogP contribution in [0.2, 0.25) is 0 Å². The lowest BCUT2D eigenvalue weighted by molar-refractivity contribution is -0.121. The van der Waals surface area contributed by atoms with E-state index >= 15 is 0 Å². The molecule has 1 aromatic carbocycles. The number of fused-ring (bicyclic) bond motifs is 1. The molecule has 5 nitrogen and oxygen atoms in total. The molecule has 0 spiro atoms. The molecule has 0 fully saturated rings. The van der Waals surface area contributed by atoms with Gasteiger partial charge in [-0.25, -0.2) is 4.98 Å². The topological polar surface area (TPSA) is 56.2 Å². The fraction of sp³-hybridized carbons (Fsp3) is 0.429. The minimum absolute atomic E-state index is 0.0366. The highest BCUT2D eigenvalue weighted by atomic mass is 35.5. The number of alkyl halides is 1. The Hall–Kier alpha value is -1.75. The molecular formula is C14H18ClN3O2. The maximum Gasteiger partial charge on any atom is 0.239 e. The molecule has 1 amide bonds. The molecular weight excluding hydrogens is 278 g/mol. The van der Waals surface area contributed by atoms with E-state index in [-0.39, 0.29) is 12.5 Å². The van der Waals surface area contributed by atoms with Gasteiger partial charge in [0.05, 0.1) is 18.1 Å². The molecule has 0 bridgehead atoms. The Morgan fingerprint density at radius 2 is 2.30 bits per heavy atom. The van der Waals surface area contributed by atoms with Crippen molar-refractivity contribution in [2.24, 2.45) is 0 Å². The third-order valence-electron chi connectivity index (χ3n) is 3.03. The number of amides is 1. The summed E-state index contributed by atoms with van der Waals surface area (Å²) in [6.45, 7) is 2.75. The van der Waals surface area contributed by atoms with Crippen molar-refractivity contribution in [2.75, 3.05) is 19.5 Å². The molecule has 0 aliphatic heterocycles. The molecule has 108 valence electrons. The number of aromatic nitrogens is 2. The number of rotatable bonds is 6. The van der Waals surface area contributed by atoms with Crippen LogP contribution < -0.4 is 10.1 Å². The van der Waals surface area contributed by atoms with Crippen LogP contribution in [-0.4, -0.2) is 35.0 Å². The summed E-state index contributed by atoms with van der Waals surface area (Å²) >= 11 is 5.81. The van der Waals surface area contributed by atoms with Gasteiger partial charge in [0, 0.05) is 24.9 Å². The van der Waals surface area contributed by atoms with E-state index in [0.717, 1.165) is 22.6 Å². The van der Waals surface area contributed by atoms with E-state index in [1.807, 2.05) is 29.7 Å². The molecule has 2 rings (SSSR count). The van der Waals surface area contributed by atoms with Crippen LogP contribution in [0, 0.1) is 0 Å². The standard InChI is InChI=1S/C14H18ClN3O2/c1-3-16-14(19)9-18-12-8-10(20-2)4-5-11(12)17-13(18)6-7-15/h4-5,8H,3,6-7,9H2,1-2H3,(H,16,19). The molecule has 0 aliphatic carbocycles. The largest absolute Gasteiger partial charge is 0.497 e. The number of nitrogens with one attached hydrogen (secondary N) is 1. The van der Waals surface area contributed by atoms with Crippen molar-refractivity contribution in [3.8, 4) is 5.75 Å². The van der Waals surface area contributed by atoms with E-state index in [1.54, 1.807) is 7.11 Å². The summed E-state index contributed by atoms with van der Waals surface area (Å²) in [6, 6.07) is 5.63. The maximum absolute atomic E-state index is 11.8. The molecule has 2 aromatic rings. The summed E-state index contributed by atoms with van der Waals surface area (Å²) in [5, 5.41) is 2.79. The van der Waals surface area contributed by atoms with Crippen LogP contribution in [0.15, 0.2) is 18.2 Å². The molecule has 20 heavy (non-hydrogen) atoms. The van der Waals surface area contributed by atoms with Gasteiger partial charge in [-0.2, -0.15) is 0 Å². The molecule has 0 unspecified atom stereocenters. The van der Waals surface area contributed by atoms with Crippen LogP contribution in [0.3, 0.4) is 0 Å². The Balaban J connectivity index is 2.45. The van der Waals surface area contributed by atoms with Crippen LogP contribution in [0.4, 0.5) is 0 Å². The van der Waals surface area contributed by atoms with Gasteiger partial charge in [-0.15, -0.1) is 11.6 Å². The van der Waals surface area contributed by atoms with E-state index in [9.17, 15) is 4.79 Å². The number of imidazole rings is 1. The van der Waals surface area contributed by atoms with Crippen molar-refractivity contribution < 1.29 is 9.53 Å². The molecule has 0 radical (unpaired) electrons. The quantitative estimate of drug-likeness (QED) is 0.829. The first kappa shape index (κ1) is 14.7. The number of hydrogen-bond donors (Lipinski definition) is 1. The van der Waals surface area contributed by atoms with Crippen LogP contribution in [0.5, 0.6) is 5.75 Å². The van der Waals surface area contributed by atoms with E-state index in [0.29, 0.717) is 18.8 Å². The third kappa shape index (κ3) is 3.04. The predicted octanol–water partition coefficient (Wildman–Crippen LogP) is 1.96. The van der Waals surface area contributed by atoms with Crippen molar-refractivity contribution in [3.63, 3.8) is 0 Å². The Morgan fingerprint density at radius 3 is 2.95 bits per heavy atom. The number of ether oxygens (including phenoxy) is 1. The predicted molar refractivity (Wildman–Crippen MR) is 79.4 cm³/mol. The van der Waals surface area contributed by atoms with Crippen LogP contribution in [0.1, 0.15) is 12.7 Å². The lowest BCUT2D eigenvalue weighted by atomic mass is 10.3. The number of likely N-dealkylation sites (N-methyl/N-ethyl adjacent to an activating group) is 1. The number of carbonyl (C=O) groups is 1. The molecule has 0 saturated carbocycles. The van der Waals surface area contributed by atoms with Gasteiger partial charge in [0.1, 0.15) is 18.1 Å². The third-order valence-corrected chi connectivity index (χ3v) is 3.22. The van der Waals surface area contributed by atoms with Gasteiger partial charge in [-0.05, 0) is 19.1 Å². The monoisotopic (exact) mass is 295 g/mol. The minimum atomic E-state index is -0.0366. The van der Waals surface area contributed by atoms with Gasteiger partial charge >= 0.3 is 0 Å². The Morgan fingerprint density at radius 1 is 1.50 bits per heavy atom. The number of halogens is 1. The van der Waals surface area contributed by atoms with Gasteiger partial charge in [0.15, 0.2) is 0 Å². The molecule has 0 aliphatic rings. The van der Waals surface area contributed by atoms with Gasteiger partial charge in [0.25, 0.3) is 0 Å². The summed E-state index contributed by atoms with van der Waals surface area (Å²) in [4.78, 5) is 16.4. The second-order valence-corrected chi connectivity index (χ2v) is 4.74. The molecule has 6 heteroatoms. The first-order valence-corrected chi connectivity index (χ1v) is 7.08. The van der Waals surface area contributed by atoms with Crippen molar-refractivity contribution in [1.29, 1.82) is 0 Å². The van der Waals surface area contributed by atoms with Crippen LogP contribution in [-0.2, 0) is 17.8 Å². The SMILES string of the molecule is CCNC(=O)Cn1c(CCCl)nc2ccc(OC)cc21. The molecule has 1 aromatic heterocycles. The second kappa shape index (κ2) is 6.61. The van der Waals surface area contributed by atoms with Crippen molar-refractivity contribution in [2.45, 2.75) is 19.9 Å². The van der Waals surface area contributed by atoms with E-state index in [1.165, 1.54) is 0 Å². The normalized spacial score (nSPS) is 10.8. The number of hydrogen-bond acceptors (Lipinski definition) is 3. The summed E-state index contributed by atoms with van der Waals surface area (Å²) in [5.74, 6) is 1.99. The summed E-state index contributed by atoms with van der Waals surface area (Å²) < 4.78 is 7.13. The Bertz CT molecular complexity index is 610. The molecule has 0 atom stereocenters. The van der Waals surface area contributed by atoms with E-state index < -0.39 is 0 Å². The molecule has 0 saturated heterocycles. The summed E-state index contributed by atoms with van der Waals surface area (Å²) in [7, 11) is 1.62. The van der Waals surface area contributed by atoms with Gasteiger partial charge in [-0.3, -0.25) is 4.79 Å². The van der Waals surface area contributed by atoms with Crippen molar-refractivity contribution in [3.05, 3.63) is 24.0 Å². The van der Waals surface area contributed by atoms with Crippen LogP contribution >= 0.6 is 11.6 Å². The first-order valence-electron chi connectivity index (χ1n) is 6.55. The fourth-order valence-electron chi connectivity index (χ4n) is 2.13. The summed E-state index contributed by atoms with van der Waals surface area (Å²) in [5.41, 5.74) is 1.73. The highest BCUT2D eigenvalue weighted by molar-refractivity contribution is 6.17. The van der Waals surface area contributed by atoms with Crippen molar-refractivity contribution >= 4 is 28.5 Å². The van der Waals surface area contributed by atoms with Gasteiger partial charge in [-0.1, -0.05) is 0 Å². The summed E-state index contributed by atoms with van der Waals surface area (Å²) in [6.07, 6.45) is 0.623. The number of carbonyl (C=O) groups excluding carboxylic acids is 1. The maximum atomic E-state index is 11.8. The Kier molecular flexibility index (Phi) is 4.84. The van der Waals surface area contributed by atoms with Crippen LogP contribution in [0.25, 0.3) is 11.0 Å². The average Bonchev–Trinajstić information content (AvgIpc) is 2.77. The zero-order valence-electron chi connectivity index (χ0n) is 11.6. The molecule has 1 heterocycles. The number of methoxy groups -OCH3 is 1. The second-order valence-electron chi connectivity index (χ2n) is 4.36. The smallest absolute Gasteiger partial charge is 0.239 e. The average molecular weight is 296 g/mol. The Labute approximate surface area is 122 Å². The molecule has 1 N–H and O–H groups in total. The first-order chi connectivity index (χ1) is 9.69. The highest BCUT2D eigenvalue weighted by Gasteiger charge is 2.13. The number of nitrogens with zero attached hydrogens (tertiary/aromatic N) is 2. The minimum Gasteiger partial charge on any atom is -0.497 e. The van der Waals surface area contributed by atoms with Crippen molar-refractivity contribution in [1.82, 2.24) is 14.9 Å². The van der Waals surface area contributed by atoms with E-state index in [4.69, 9.17) is 16.3 Å². The highest BCUT2D eigenvalue weighted by Crippen LogP contribution is 2.22. The van der Waals surface area contributed by atoms with Gasteiger partial charge < -0.3 is 14.6 Å². The fourth-order valence-corrected chi connectivity index (χ4v) is 2.30.